The van der Waals surface area contributed by atoms with Crippen molar-refractivity contribution in [3.63, 3.8) is 0 Å². The lowest BCUT2D eigenvalue weighted by molar-refractivity contribution is -0.140. The van der Waals surface area contributed by atoms with Crippen molar-refractivity contribution in [3.05, 3.63) is 126 Å². The number of carbonyl (C=O) groups excluding carboxylic acids is 2. The van der Waals surface area contributed by atoms with Gasteiger partial charge in [0.1, 0.15) is 18.3 Å². The summed E-state index contributed by atoms with van der Waals surface area (Å²) in [5.74, 6) is -0.0125. The Hall–Kier alpha value is -4.63. The van der Waals surface area contributed by atoms with E-state index in [2.05, 4.69) is 5.32 Å². The minimum atomic E-state index is -4.17. The Bertz CT molecular complexity index is 1680. The molecule has 8 nitrogen and oxygen atoms in total. The zero-order chi connectivity index (χ0) is 33.1. The maximum Gasteiger partial charge on any atom is 0.264 e. The highest BCUT2D eigenvalue weighted by Crippen LogP contribution is 2.27. The molecule has 0 aromatic heterocycles. The lowest BCUT2D eigenvalue weighted by atomic mass is 10.0. The van der Waals surface area contributed by atoms with Crippen LogP contribution in [0.3, 0.4) is 0 Å². The van der Waals surface area contributed by atoms with E-state index < -0.39 is 28.5 Å². The van der Waals surface area contributed by atoms with Gasteiger partial charge in [-0.15, -0.1) is 0 Å². The highest BCUT2D eigenvalue weighted by Gasteiger charge is 2.34. The van der Waals surface area contributed by atoms with Crippen molar-refractivity contribution in [2.75, 3.05) is 24.0 Å². The molecule has 0 bridgehead atoms. The van der Waals surface area contributed by atoms with E-state index in [9.17, 15) is 18.0 Å². The van der Waals surface area contributed by atoms with Gasteiger partial charge >= 0.3 is 0 Å². The van der Waals surface area contributed by atoms with E-state index in [-0.39, 0.29) is 29.7 Å². The lowest BCUT2D eigenvalue weighted by Crippen LogP contribution is -2.53. The van der Waals surface area contributed by atoms with E-state index in [0.717, 1.165) is 21.0 Å². The number of anilines is 1. The van der Waals surface area contributed by atoms with Crippen molar-refractivity contribution in [2.45, 2.75) is 51.6 Å². The summed E-state index contributed by atoms with van der Waals surface area (Å²) >= 11 is 0. The fourth-order valence-corrected chi connectivity index (χ4v) is 6.54. The van der Waals surface area contributed by atoms with Gasteiger partial charge in [0.25, 0.3) is 10.0 Å². The average Bonchev–Trinajstić information content (AvgIpc) is 3.05. The molecule has 0 fully saturated rings. The summed E-state index contributed by atoms with van der Waals surface area (Å²) in [5.41, 5.74) is 3.03. The summed E-state index contributed by atoms with van der Waals surface area (Å²) in [6.45, 7) is 8.35. The molecule has 0 aliphatic carbocycles. The number of rotatable bonds is 15. The van der Waals surface area contributed by atoms with Gasteiger partial charge in [0.2, 0.25) is 11.8 Å². The number of aryl methyl sites for hydroxylation is 1. The first-order chi connectivity index (χ1) is 22.1. The summed E-state index contributed by atoms with van der Waals surface area (Å²) in [5, 5.41) is 3.02. The number of nitrogens with one attached hydrogen (secondary N) is 1. The smallest absolute Gasteiger partial charge is 0.264 e. The van der Waals surface area contributed by atoms with Gasteiger partial charge in [-0.1, -0.05) is 92.2 Å². The quantitative estimate of drug-likeness (QED) is 0.172. The Labute approximate surface area is 273 Å². The summed E-state index contributed by atoms with van der Waals surface area (Å²) in [7, 11) is -4.17. The monoisotopic (exact) mass is 641 g/mol. The summed E-state index contributed by atoms with van der Waals surface area (Å²) in [6, 6.07) is 31.0. The van der Waals surface area contributed by atoms with Crippen LogP contribution in [0.2, 0.25) is 0 Å². The maximum absolute atomic E-state index is 14.6. The molecule has 4 aromatic rings. The number of nitrogens with zero attached hydrogens (tertiary/aromatic N) is 2. The molecule has 0 saturated heterocycles. The molecule has 46 heavy (non-hydrogen) atoms. The molecule has 1 N–H and O–H groups in total. The zero-order valence-electron chi connectivity index (χ0n) is 26.9. The highest BCUT2D eigenvalue weighted by molar-refractivity contribution is 7.92. The van der Waals surface area contributed by atoms with Crippen LogP contribution >= 0.6 is 0 Å². The van der Waals surface area contributed by atoms with Gasteiger partial charge in [-0.05, 0) is 67.3 Å². The van der Waals surface area contributed by atoms with Crippen LogP contribution in [-0.2, 0) is 32.6 Å². The maximum atomic E-state index is 14.6. The first-order valence-electron chi connectivity index (χ1n) is 15.6. The standard InChI is InChI=1S/C37H43N3O5S/c1-5-45-33-21-19-32(20-22-33)40(46(43,44)34-17-10-7-11-18-34)27-36(41)39(26-31-16-12-13-29(4)23-31)35(37(42)38-25-28(2)3)24-30-14-8-6-9-15-30/h6-23,28,35H,5,24-27H2,1-4H3,(H,38,42)/t35-/m0/s1. The van der Waals surface area contributed by atoms with E-state index in [1.54, 1.807) is 42.5 Å². The van der Waals surface area contributed by atoms with Crippen LogP contribution in [0.4, 0.5) is 5.69 Å². The second-order valence-corrected chi connectivity index (χ2v) is 13.5. The topological polar surface area (TPSA) is 96.0 Å². The predicted molar refractivity (Wildman–Crippen MR) is 182 cm³/mol. The first kappa shape index (κ1) is 34.2. The SMILES string of the molecule is CCOc1ccc(N(CC(=O)N(Cc2cccc(C)c2)[C@@H](Cc2ccccc2)C(=O)NCC(C)C)S(=O)(=O)c2ccccc2)cc1. The van der Waals surface area contributed by atoms with E-state index in [1.165, 1.54) is 17.0 Å². The minimum absolute atomic E-state index is 0.0532. The molecule has 9 heteroatoms. The third-order valence-electron chi connectivity index (χ3n) is 7.44. The average molecular weight is 642 g/mol. The van der Waals surface area contributed by atoms with Crippen LogP contribution in [0.25, 0.3) is 0 Å². The van der Waals surface area contributed by atoms with Crippen molar-refractivity contribution in [3.8, 4) is 5.75 Å². The molecule has 1 atom stereocenters. The number of hydrogen-bond donors (Lipinski definition) is 1. The Morgan fingerprint density at radius 2 is 1.46 bits per heavy atom. The van der Waals surface area contributed by atoms with Crippen molar-refractivity contribution >= 4 is 27.5 Å². The van der Waals surface area contributed by atoms with Gasteiger partial charge in [-0.25, -0.2) is 8.42 Å². The van der Waals surface area contributed by atoms with Crippen LogP contribution < -0.4 is 14.4 Å². The molecule has 2 amide bonds. The van der Waals surface area contributed by atoms with Gasteiger partial charge in [0, 0.05) is 19.5 Å². The molecule has 0 spiro atoms. The normalized spacial score (nSPS) is 11.9. The summed E-state index contributed by atoms with van der Waals surface area (Å²) < 4.78 is 34.9. The van der Waals surface area contributed by atoms with Crippen molar-refractivity contribution < 1.29 is 22.7 Å². The Morgan fingerprint density at radius 1 is 0.826 bits per heavy atom. The molecule has 242 valence electrons. The fraction of sp³-hybridized carbons (Fsp3) is 0.297. The van der Waals surface area contributed by atoms with Crippen molar-refractivity contribution in [1.82, 2.24) is 10.2 Å². The van der Waals surface area contributed by atoms with E-state index >= 15 is 0 Å². The first-order valence-corrected chi connectivity index (χ1v) is 17.0. The van der Waals surface area contributed by atoms with Gasteiger partial charge in [-0.2, -0.15) is 0 Å². The molecule has 0 radical (unpaired) electrons. The van der Waals surface area contributed by atoms with Crippen LogP contribution in [0.1, 0.15) is 37.5 Å². The molecule has 4 rings (SSSR count). The van der Waals surface area contributed by atoms with E-state index in [0.29, 0.717) is 24.6 Å². The van der Waals surface area contributed by atoms with Gasteiger partial charge in [0.05, 0.1) is 17.2 Å². The Kier molecular flexibility index (Phi) is 12.0. The molecular weight excluding hydrogens is 598 g/mol. The highest BCUT2D eigenvalue weighted by atomic mass is 32.2. The number of hydrogen-bond acceptors (Lipinski definition) is 5. The summed E-state index contributed by atoms with van der Waals surface area (Å²) in [4.78, 5) is 30.0. The fourth-order valence-electron chi connectivity index (χ4n) is 5.11. The Morgan fingerprint density at radius 3 is 2.07 bits per heavy atom. The largest absolute Gasteiger partial charge is 0.494 e. The molecular formula is C37H43N3O5S. The number of sulfonamides is 1. The van der Waals surface area contributed by atoms with Crippen LogP contribution in [-0.4, -0.2) is 50.9 Å². The molecule has 0 aliphatic heterocycles. The molecule has 0 saturated carbocycles. The second-order valence-electron chi connectivity index (χ2n) is 11.6. The summed E-state index contributed by atoms with van der Waals surface area (Å²) in [6.07, 6.45) is 0.261. The van der Waals surface area contributed by atoms with Crippen LogP contribution in [0.15, 0.2) is 114 Å². The van der Waals surface area contributed by atoms with Gasteiger partial charge in [0.15, 0.2) is 0 Å². The van der Waals surface area contributed by atoms with Crippen molar-refractivity contribution in [1.29, 1.82) is 0 Å². The zero-order valence-corrected chi connectivity index (χ0v) is 27.7. The van der Waals surface area contributed by atoms with E-state index in [1.807, 2.05) is 82.3 Å². The van der Waals surface area contributed by atoms with Crippen LogP contribution in [0.5, 0.6) is 5.75 Å². The predicted octanol–water partition coefficient (Wildman–Crippen LogP) is 6.00. The van der Waals surface area contributed by atoms with E-state index in [4.69, 9.17) is 4.74 Å². The third kappa shape index (κ3) is 9.20. The molecule has 4 aromatic carbocycles. The van der Waals surface area contributed by atoms with Crippen LogP contribution in [0, 0.1) is 12.8 Å². The third-order valence-corrected chi connectivity index (χ3v) is 9.22. The number of carbonyl (C=O) groups is 2. The minimum Gasteiger partial charge on any atom is -0.494 e. The van der Waals surface area contributed by atoms with Crippen molar-refractivity contribution in [2.24, 2.45) is 5.92 Å². The number of benzene rings is 4. The number of ether oxygens (including phenoxy) is 1. The molecule has 0 unspecified atom stereocenters. The van der Waals surface area contributed by atoms with Gasteiger partial charge in [-0.3, -0.25) is 13.9 Å². The molecule has 0 aliphatic rings. The lowest BCUT2D eigenvalue weighted by Gasteiger charge is -2.34. The Balaban J connectivity index is 1.79. The molecule has 0 heterocycles. The second kappa shape index (κ2) is 16.1. The number of amides is 2. The van der Waals surface area contributed by atoms with Gasteiger partial charge < -0.3 is 15.0 Å².